The molecule has 0 amide bonds. The molecular formula is C17H29F5O2. The number of ether oxygens (including phenoxy) is 1. The van der Waals surface area contributed by atoms with E-state index in [1.165, 1.54) is 44.9 Å². The maximum Gasteiger partial charge on any atom is 0.465 e. The first-order valence-electron chi connectivity index (χ1n) is 8.85. The first-order valence-corrected chi connectivity index (χ1v) is 8.85. The molecule has 0 aliphatic carbocycles. The van der Waals surface area contributed by atoms with Gasteiger partial charge in [0.2, 0.25) is 0 Å². The molecule has 144 valence electrons. The standard InChI is InChI=1S/C17H29F5O2/c1-2-3-4-5-6-7-8-9-10-11-12-13-14-24-15(23)16(18,19)17(20,21)22/h2-14H2,1H3. The summed E-state index contributed by atoms with van der Waals surface area (Å²) in [5, 5.41) is 0. The van der Waals surface area contributed by atoms with E-state index in [1.807, 2.05) is 0 Å². The lowest BCUT2D eigenvalue weighted by atomic mass is 10.1. The fraction of sp³-hybridized carbons (Fsp3) is 0.941. The molecule has 0 radical (unpaired) electrons. The van der Waals surface area contributed by atoms with Crippen LogP contribution in [0.5, 0.6) is 0 Å². The Morgan fingerprint density at radius 2 is 1.08 bits per heavy atom. The van der Waals surface area contributed by atoms with Gasteiger partial charge < -0.3 is 4.74 Å². The minimum Gasteiger partial charge on any atom is -0.461 e. The molecule has 0 atom stereocenters. The number of hydrogen-bond acceptors (Lipinski definition) is 2. The van der Waals surface area contributed by atoms with Crippen LogP contribution in [-0.2, 0) is 9.53 Å². The molecule has 24 heavy (non-hydrogen) atoms. The topological polar surface area (TPSA) is 26.3 Å². The van der Waals surface area contributed by atoms with E-state index in [0.29, 0.717) is 12.8 Å². The summed E-state index contributed by atoms with van der Waals surface area (Å²) >= 11 is 0. The van der Waals surface area contributed by atoms with E-state index in [2.05, 4.69) is 11.7 Å². The molecule has 0 aromatic heterocycles. The maximum absolute atomic E-state index is 12.6. The molecule has 0 spiro atoms. The Kier molecular flexibility index (Phi) is 12.0. The van der Waals surface area contributed by atoms with E-state index in [9.17, 15) is 26.7 Å². The summed E-state index contributed by atoms with van der Waals surface area (Å²) in [6, 6.07) is 0. The molecular weight excluding hydrogens is 331 g/mol. The van der Waals surface area contributed by atoms with Crippen molar-refractivity contribution in [2.75, 3.05) is 6.61 Å². The van der Waals surface area contributed by atoms with Crippen molar-refractivity contribution in [2.45, 2.75) is 96.1 Å². The molecule has 0 heterocycles. The van der Waals surface area contributed by atoms with Crippen LogP contribution < -0.4 is 0 Å². The Balaban J connectivity index is 3.44. The van der Waals surface area contributed by atoms with Crippen LogP contribution in [-0.4, -0.2) is 24.7 Å². The zero-order valence-electron chi connectivity index (χ0n) is 14.4. The molecule has 2 nitrogen and oxygen atoms in total. The van der Waals surface area contributed by atoms with E-state index in [4.69, 9.17) is 0 Å². The third kappa shape index (κ3) is 10.1. The number of alkyl halides is 5. The summed E-state index contributed by atoms with van der Waals surface area (Å²) in [5.74, 6) is -7.94. The highest BCUT2D eigenvalue weighted by molar-refractivity contribution is 5.78. The monoisotopic (exact) mass is 360 g/mol. The van der Waals surface area contributed by atoms with Gasteiger partial charge in [0, 0.05) is 0 Å². The minimum absolute atomic E-state index is 0.302. The number of halogens is 5. The van der Waals surface area contributed by atoms with Gasteiger partial charge in [-0.25, -0.2) is 4.79 Å². The Morgan fingerprint density at radius 1 is 0.708 bits per heavy atom. The van der Waals surface area contributed by atoms with Gasteiger partial charge in [0.15, 0.2) is 0 Å². The van der Waals surface area contributed by atoms with Crippen LogP contribution in [0.3, 0.4) is 0 Å². The predicted molar refractivity (Wildman–Crippen MR) is 83.0 cm³/mol. The molecule has 0 bridgehead atoms. The van der Waals surface area contributed by atoms with Gasteiger partial charge in [-0.05, 0) is 6.42 Å². The zero-order chi connectivity index (χ0) is 18.5. The highest BCUT2D eigenvalue weighted by Crippen LogP contribution is 2.36. The summed E-state index contributed by atoms with van der Waals surface area (Å²) in [7, 11) is 0. The van der Waals surface area contributed by atoms with Crippen LogP contribution in [0.1, 0.15) is 84.0 Å². The molecule has 0 aromatic carbocycles. The largest absolute Gasteiger partial charge is 0.465 e. The predicted octanol–water partition coefficient (Wildman–Crippen LogP) is 6.43. The second kappa shape index (κ2) is 12.5. The number of carbonyl (C=O) groups is 1. The van der Waals surface area contributed by atoms with Gasteiger partial charge in [0.25, 0.3) is 0 Å². The highest BCUT2D eigenvalue weighted by Gasteiger charge is 2.64. The SMILES string of the molecule is CCCCCCCCCCCCCCOC(=O)C(F)(F)C(F)(F)F. The van der Waals surface area contributed by atoms with Gasteiger partial charge in [-0.1, -0.05) is 77.6 Å². The van der Waals surface area contributed by atoms with Crippen LogP contribution in [0.15, 0.2) is 0 Å². The average Bonchev–Trinajstić information content (AvgIpc) is 2.50. The third-order valence-electron chi connectivity index (χ3n) is 3.84. The van der Waals surface area contributed by atoms with Gasteiger partial charge in [-0.15, -0.1) is 0 Å². The molecule has 0 fully saturated rings. The van der Waals surface area contributed by atoms with Crippen molar-refractivity contribution in [1.29, 1.82) is 0 Å². The number of carbonyl (C=O) groups excluding carboxylic acids is 1. The minimum atomic E-state index is -5.90. The lowest BCUT2D eigenvalue weighted by Gasteiger charge is -2.17. The van der Waals surface area contributed by atoms with E-state index in [0.717, 1.165) is 19.3 Å². The summed E-state index contributed by atoms with van der Waals surface area (Å²) in [5.41, 5.74) is 0. The van der Waals surface area contributed by atoms with Crippen LogP contribution in [0.25, 0.3) is 0 Å². The molecule has 0 unspecified atom stereocenters. The molecule has 0 aliphatic heterocycles. The molecule has 0 rings (SSSR count). The van der Waals surface area contributed by atoms with Crippen LogP contribution in [0, 0.1) is 0 Å². The molecule has 0 saturated heterocycles. The number of unbranched alkanes of at least 4 members (excludes halogenated alkanes) is 11. The zero-order valence-corrected chi connectivity index (χ0v) is 14.4. The van der Waals surface area contributed by atoms with Gasteiger partial charge in [-0.3, -0.25) is 0 Å². The first-order chi connectivity index (χ1) is 11.2. The van der Waals surface area contributed by atoms with Crippen LogP contribution >= 0.6 is 0 Å². The smallest absolute Gasteiger partial charge is 0.461 e. The van der Waals surface area contributed by atoms with Crippen molar-refractivity contribution >= 4 is 5.97 Å². The van der Waals surface area contributed by atoms with Crippen molar-refractivity contribution in [2.24, 2.45) is 0 Å². The first kappa shape index (κ1) is 23.1. The average molecular weight is 360 g/mol. The molecule has 7 heteroatoms. The number of esters is 1. The normalized spacial score (nSPS) is 12.4. The summed E-state index contributed by atoms with van der Waals surface area (Å²) in [6.07, 6.45) is 6.76. The van der Waals surface area contributed by atoms with Gasteiger partial charge in [-0.2, -0.15) is 22.0 Å². The van der Waals surface area contributed by atoms with E-state index in [1.54, 1.807) is 0 Å². The van der Waals surface area contributed by atoms with Crippen LogP contribution in [0.2, 0.25) is 0 Å². The van der Waals surface area contributed by atoms with Crippen LogP contribution in [0.4, 0.5) is 22.0 Å². The van der Waals surface area contributed by atoms with E-state index < -0.39 is 24.7 Å². The molecule has 0 aromatic rings. The second-order valence-corrected chi connectivity index (χ2v) is 6.10. The van der Waals surface area contributed by atoms with Crippen molar-refractivity contribution in [3.05, 3.63) is 0 Å². The van der Waals surface area contributed by atoms with Crippen molar-refractivity contribution in [3.8, 4) is 0 Å². The molecule has 0 aliphatic rings. The van der Waals surface area contributed by atoms with E-state index >= 15 is 0 Å². The number of rotatable bonds is 14. The Bertz CT molecular complexity index is 329. The fourth-order valence-corrected chi connectivity index (χ4v) is 2.31. The third-order valence-corrected chi connectivity index (χ3v) is 3.84. The van der Waals surface area contributed by atoms with Crippen molar-refractivity contribution < 1.29 is 31.5 Å². The Hall–Kier alpha value is -0.880. The summed E-state index contributed by atoms with van der Waals surface area (Å²) in [4.78, 5) is 10.7. The summed E-state index contributed by atoms with van der Waals surface area (Å²) in [6.45, 7) is 1.78. The maximum atomic E-state index is 12.6. The van der Waals surface area contributed by atoms with Gasteiger partial charge in [0.1, 0.15) is 0 Å². The summed E-state index contributed by atoms with van der Waals surface area (Å²) < 4.78 is 64.8. The second-order valence-electron chi connectivity index (χ2n) is 6.10. The quantitative estimate of drug-likeness (QED) is 0.203. The van der Waals surface area contributed by atoms with Gasteiger partial charge >= 0.3 is 18.1 Å². The lowest BCUT2D eigenvalue weighted by molar-refractivity contribution is -0.280. The molecule has 0 saturated carbocycles. The Morgan fingerprint density at radius 3 is 1.46 bits per heavy atom. The fourth-order valence-electron chi connectivity index (χ4n) is 2.31. The van der Waals surface area contributed by atoms with Crippen molar-refractivity contribution in [1.82, 2.24) is 0 Å². The molecule has 0 N–H and O–H groups in total. The van der Waals surface area contributed by atoms with E-state index in [-0.39, 0.29) is 0 Å². The highest BCUT2D eigenvalue weighted by atomic mass is 19.4. The lowest BCUT2D eigenvalue weighted by Crippen LogP contribution is -2.45. The van der Waals surface area contributed by atoms with Crippen molar-refractivity contribution in [3.63, 3.8) is 0 Å². The van der Waals surface area contributed by atoms with Gasteiger partial charge in [0.05, 0.1) is 6.61 Å². The Labute approximate surface area is 141 Å². The number of hydrogen-bond donors (Lipinski definition) is 0.